The number of carbonyl (C=O) groups excluding carboxylic acids is 1. The van der Waals surface area contributed by atoms with E-state index in [0.29, 0.717) is 50.1 Å². The fourth-order valence-electron chi connectivity index (χ4n) is 3.37. The topological polar surface area (TPSA) is 85.0 Å². The van der Waals surface area contributed by atoms with Crippen molar-refractivity contribution < 1.29 is 38.0 Å². The van der Waals surface area contributed by atoms with Crippen molar-refractivity contribution in [3.63, 3.8) is 0 Å². The van der Waals surface area contributed by atoms with Gasteiger partial charge in [0.25, 0.3) is 0 Å². The molecule has 29 heavy (non-hydrogen) atoms. The molecule has 1 fully saturated rings. The van der Waals surface area contributed by atoms with Crippen molar-refractivity contribution in [2.45, 2.75) is 12.2 Å². The Balaban J connectivity index is 1.67. The molecule has 2 heterocycles. The minimum Gasteiger partial charge on any atom is -0.493 e. The molecule has 1 saturated heterocycles. The predicted molar refractivity (Wildman–Crippen MR) is 105 cm³/mol. The van der Waals surface area contributed by atoms with Crippen LogP contribution < -0.4 is 28.4 Å². The van der Waals surface area contributed by atoms with Gasteiger partial charge in [-0.1, -0.05) is 0 Å². The van der Waals surface area contributed by atoms with Crippen LogP contribution in [0.2, 0.25) is 0 Å². The largest absolute Gasteiger partial charge is 0.493 e. The van der Waals surface area contributed by atoms with E-state index in [1.165, 1.54) is 28.4 Å². The first-order chi connectivity index (χ1) is 14.0. The summed E-state index contributed by atoms with van der Waals surface area (Å²) in [6.07, 6.45) is -1.18. The number of hydrogen-bond donors (Lipinski definition) is 0. The highest BCUT2D eigenvalue weighted by Crippen LogP contribution is 2.55. The molecule has 2 aliphatic rings. The van der Waals surface area contributed by atoms with Crippen LogP contribution in [-0.2, 0) is 4.74 Å². The molecule has 0 saturated carbocycles. The van der Waals surface area contributed by atoms with Crippen LogP contribution in [0.1, 0.15) is 22.0 Å². The van der Waals surface area contributed by atoms with Crippen LogP contribution in [0.3, 0.4) is 0 Å². The van der Waals surface area contributed by atoms with Crippen molar-refractivity contribution in [3.05, 3.63) is 33.8 Å². The fourth-order valence-corrected chi connectivity index (χ4v) is 3.88. The monoisotopic (exact) mass is 466 g/mol. The van der Waals surface area contributed by atoms with Crippen LogP contribution in [0.15, 0.2) is 22.7 Å². The first-order valence-electron chi connectivity index (χ1n) is 8.69. The van der Waals surface area contributed by atoms with E-state index in [9.17, 15) is 4.79 Å². The van der Waals surface area contributed by atoms with E-state index in [0.717, 1.165) is 0 Å². The van der Waals surface area contributed by atoms with Gasteiger partial charge in [0.2, 0.25) is 18.3 Å². The predicted octanol–water partition coefficient (Wildman–Crippen LogP) is 3.54. The average Bonchev–Trinajstić information content (AvgIpc) is 3.40. The third kappa shape index (κ3) is 3.24. The van der Waals surface area contributed by atoms with Crippen LogP contribution in [0, 0.1) is 0 Å². The fraction of sp³-hybridized carbons (Fsp3) is 0.350. The molecule has 2 aliphatic heterocycles. The Bertz CT molecular complexity index is 974. The standard InChI is InChI=1S/C20H19BrO8/c1-23-12-5-9(11(21)7-13(12)24-2)15(22)19-17(29-19)10-6-14-18(28-8-27-14)20(26-4)16(10)25-3/h5-7,17,19H,8H2,1-4H3. The third-order valence-electron chi connectivity index (χ3n) is 4.81. The number of hydrogen-bond acceptors (Lipinski definition) is 8. The second-order valence-corrected chi connectivity index (χ2v) is 7.15. The number of methoxy groups -OCH3 is 4. The molecule has 4 rings (SSSR count). The van der Waals surface area contributed by atoms with Gasteiger partial charge in [0.15, 0.2) is 34.9 Å². The van der Waals surface area contributed by atoms with Gasteiger partial charge >= 0.3 is 0 Å². The first-order valence-corrected chi connectivity index (χ1v) is 9.49. The van der Waals surface area contributed by atoms with Crippen molar-refractivity contribution in [1.82, 2.24) is 0 Å². The molecule has 2 aromatic carbocycles. The van der Waals surface area contributed by atoms with Crippen molar-refractivity contribution in [1.29, 1.82) is 0 Å². The Morgan fingerprint density at radius 3 is 2.31 bits per heavy atom. The highest BCUT2D eigenvalue weighted by molar-refractivity contribution is 9.10. The maximum absolute atomic E-state index is 13.1. The lowest BCUT2D eigenvalue weighted by Crippen LogP contribution is -2.10. The number of benzene rings is 2. The van der Waals surface area contributed by atoms with Gasteiger partial charge in [-0.3, -0.25) is 4.79 Å². The number of fused-ring (bicyclic) bond motifs is 1. The average molecular weight is 467 g/mol. The first kappa shape index (κ1) is 19.7. The highest BCUT2D eigenvalue weighted by atomic mass is 79.9. The Hall–Kier alpha value is -2.65. The van der Waals surface area contributed by atoms with Gasteiger partial charge in [-0.05, 0) is 34.1 Å². The smallest absolute Gasteiger partial charge is 0.231 e. The molecule has 0 spiro atoms. The van der Waals surface area contributed by atoms with Crippen LogP contribution >= 0.6 is 15.9 Å². The van der Waals surface area contributed by atoms with Crippen molar-refractivity contribution in [3.8, 4) is 34.5 Å². The number of carbonyl (C=O) groups is 1. The van der Waals surface area contributed by atoms with Gasteiger partial charge in [0.1, 0.15) is 6.10 Å². The van der Waals surface area contributed by atoms with Crippen molar-refractivity contribution >= 4 is 21.7 Å². The molecule has 154 valence electrons. The normalized spacial score (nSPS) is 18.9. The molecule has 9 heteroatoms. The van der Waals surface area contributed by atoms with Gasteiger partial charge in [-0.15, -0.1) is 0 Å². The zero-order valence-electron chi connectivity index (χ0n) is 16.2. The summed E-state index contributed by atoms with van der Waals surface area (Å²) in [6, 6.07) is 5.07. The maximum Gasteiger partial charge on any atom is 0.231 e. The number of epoxide rings is 1. The van der Waals surface area contributed by atoms with E-state index in [1.54, 1.807) is 18.2 Å². The van der Waals surface area contributed by atoms with Crippen LogP contribution in [0.25, 0.3) is 0 Å². The molecular formula is C20H19BrO8. The molecule has 0 radical (unpaired) electrons. The number of halogens is 1. The number of ether oxygens (including phenoxy) is 7. The van der Waals surface area contributed by atoms with Gasteiger partial charge in [0.05, 0.1) is 28.4 Å². The Morgan fingerprint density at radius 2 is 1.66 bits per heavy atom. The molecule has 0 amide bonds. The molecule has 2 unspecified atom stereocenters. The summed E-state index contributed by atoms with van der Waals surface area (Å²) in [5.74, 6) is 2.63. The quantitative estimate of drug-likeness (QED) is 0.452. The van der Waals surface area contributed by atoms with Gasteiger partial charge in [0, 0.05) is 15.6 Å². The zero-order valence-corrected chi connectivity index (χ0v) is 17.8. The summed E-state index contributed by atoms with van der Waals surface area (Å²) >= 11 is 3.42. The molecule has 8 nitrogen and oxygen atoms in total. The minimum absolute atomic E-state index is 0.0881. The number of Topliss-reactive ketones (excluding diaryl/α,β-unsaturated/α-hetero) is 1. The Kier molecular flexibility index (Phi) is 5.18. The molecule has 2 aromatic rings. The minimum atomic E-state index is -0.677. The Labute approximate surface area is 175 Å². The van der Waals surface area contributed by atoms with Crippen LogP contribution in [-0.4, -0.2) is 47.1 Å². The summed E-state index contributed by atoms with van der Waals surface area (Å²) in [6.45, 7) is 0.0881. The highest BCUT2D eigenvalue weighted by Gasteiger charge is 2.49. The van der Waals surface area contributed by atoms with E-state index >= 15 is 0 Å². The van der Waals surface area contributed by atoms with Crippen LogP contribution in [0.4, 0.5) is 0 Å². The van der Waals surface area contributed by atoms with Gasteiger partial charge in [-0.25, -0.2) is 0 Å². The van der Waals surface area contributed by atoms with Gasteiger partial charge < -0.3 is 33.2 Å². The summed E-state index contributed by atoms with van der Waals surface area (Å²) in [7, 11) is 6.08. The molecule has 0 aromatic heterocycles. The number of ketones is 1. The van der Waals surface area contributed by atoms with E-state index in [1.807, 2.05) is 0 Å². The summed E-state index contributed by atoms with van der Waals surface area (Å²) < 4.78 is 38.8. The van der Waals surface area contributed by atoms with Crippen molar-refractivity contribution in [2.24, 2.45) is 0 Å². The lowest BCUT2D eigenvalue weighted by molar-refractivity contribution is 0.0952. The third-order valence-corrected chi connectivity index (χ3v) is 5.46. The Morgan fingerprint density at radius 1 is 0.966 bits per heavy atom. The summed E-state index contributed by atoms with van der Waals surface area (Å²) in [5.41, 5.74) is 1.09. The second-order valence-electron chi connectivity index (χ2n) is 6.29. The SMILES string of the molecule is COc1cc(Br)c(C(=O)C2OC2c2cc3c(c(OC)c2OC)OCO3)cc1OC. The van der Waals surface area contributed by atoms with E-state index in [2.05, 4.69) is 15.9 Å². The lowest BCUT2D eigenvalue weighted by Gasteiger charge is -2.14. The molecule has 2 atom stereocenters. The molecule has 0 bridgehead atoms. The second kappa shape index (κ2) is 7.64. The molecule has 0 N–H and O–H groups in total. The van der Waals surface area contributed by atoms with Gasteiger partial charge in [-0.2, -0.15) is 0 Å². The van der Waals surface area contributed by atoms with Crippen LogP contribution in [0.5, 0.6) is 34.5 Å². The maximum atomic E-state index is 13.1. The number of rotatable bonds is 7. The zero-order chi connectivity index (χ0) is 20.7. The van der Waals surface area contributed by atoms with E-state index < -0.39 is 12.2 Å². The summed E-state index contributed by atoms with van der Waals surface area (Å²) in [5, 5.41) is 0. The van der Waals surface area contributed by atoms with Crippen molar-refractivity contribution in [2.75, 3.05) is 35.2 Å². The molecular weight excluding hydrogens is 448 g/mol. The summed E-state index contributed by atoms with van der Waals surface area (Å²) in [4.78, 5) is 13.1. The van der Waals surface area contributed by atoms with E-state index in [-0.39, 0.29) is 12.6 Å². The molecule has 0 aliphatic carbocycles. The lowest BCUT2D eigenvalue weighted by atomic mass is 10.0. The van der Waals surface area contributed by atoms with E-state index in [4.69, 9.17) is 33.2 Å².